The van der Waals surface area contributed by atoms with E-state index >= 15 is 0 Å². The third kappa shape index (κ3) is 2.38. The van der Waals surface area contributed by atoms with E-state index < -0.39 is 0 Å². The summed E-state index contributed by atoms with van der Waals surface area (Å²) >= 11 is 0. The van der Waals surface area contributed by atoms with E-state index in [4.69, 9.17) is 10.5 Å². The predicted molar refractivity (Wildman–Crippen MR) is 65.8 cm³/mol. The first kappa shape index (κ1) is 13.0. The van der Waals surface area contributed by atoms with Gasteiger partial charge in [0.15, 0.2) is 5.75 Å². The van der Waals surface area contributed by atoms with Crippen LogP contribution in [0.5, 0.6) is 5.75 Å². The average molecular weight is 225 g/mol. The van der Waals surface area contributed by atoms with E-state index in [1.54, 1.807) is 13.3 Å². The highest BCUT2D eigenvalue weighted by atomic mass is 16.5. The number of aromatic nitrogens is 2. The van der Waals surface area contributed by atoms with Crippen LogP contribution in [0, 0.1) is 5.92 Å². The quantitative estimate of drug-likeness (QED) is 0.835. The molecule has 2 N–H and O–H groups in total. The number of methoxy groups -OCH3 is 1. The topological polar surface area (TPSA) is 53.1 Å². The fraction of sp³-hybridized carbons (Fsp3) is 0.750. The molecule has 0 spiro atoms. The average Bonchev–Trinajstić information content (AvgIpc) is 2.70. The van der Waals surface area contributed by atoms with E-state index in [1.807, 2.05) is 4.68 Å². The monoisotopic (exact) mass is 225 g/mol. The maximum Gasteiger partial charge on any atom is 0.160 e. The van der Waals surface area contributed by atoms with Crippen molar-refractivity contribution in [3.05, 3.63) is 11.9 Å². The summed E-state index contributed by atoms with van der Waals surface area (Å²) < 4.78 is 7.39. The molecular weight excluding hydrogens is 202 g/mol. The van der Waals surface area contributed by atoms with Gasteiger partial charge in [0.25, 0.3) is 0 Å². The third-order valence-electron chi connectivity index (χ3n) is 3.16. The van der Waals surface area contributed by atoms with Crippen LogP contribution in [0.1, 0.15) is 45.3 Å². The lowest BCUT2D eigenvalue weighted by atomic mass is 9.92. The molecule has 0 amide bonds. The molecule has 2 unspecified atom stereocenters. The molecule has 1 aromatic heterocycles. The zero-order valence-electron chi connectivity index (χ0n) is 10.9. The smallest absolute Gasteiger partial charge is 0.160 e. The highest BCUT2D eigenvalue weighted by Gasteiger charge is 2.23. The van der Waals surface area contributed by atoms with Gasteiger partial charge in [-0.1, -0.05) is 13.8 Å². The summed E-state index contributed by atoms with van der Waals surface area (Å²) in [7, 11) is 1.69. The summed E-state index contributed by atoms with van der Waals surface area (Å²) in [6.45, 7) is 9.25. The number of nitrogens with zero attached hydrogens (tertiary/aromatic N) is 2. The van der Waals surface area contributed by atoms with Crippen LogP contribution >= 0.6 is 0 Å². The van der Waals surface area contributed by atoms with E-state index in [0.29, 0.717) is 24.4 Å². The third-order valence-corrected chi connectivity index (χ3v) is 3.16. The highest BCUT2D eigenvalue weighted by Crippen LogP contribution is 2.32. The van der Waals surface area contributed by atoms with E-state index in [9.17, 15) is 0 Å². The lowest BCUT2D eigenvalue weighted by Gasteiger charge is -2.22. The van der Waals surface area contributed by atoms with Gasteiger partial charge in [-0.15, -0.1) is 0 Å². The van der Waals surface area contributed by atoms with Gasteiger partial charge in [-0.2, -0.15) is 5.10 Å². The Balaban J connectivity index is 3.12. The Morgan fingerprint density at radius 3 is 2.44 bits per heavy atom. The van der Waals surface area contributed by atoms with Crippen LogP contribution in [-0.4, -0.2) is 23.4 Å². The van der Waals surface area contributed by atoms with Crippen LogP contribution in [0.15, 0.2) is 6.20 Å². The normalized spacial score (nSPS) is 15.2. The zero-order chi connectivity index (χ0) is 12.3. The van der Waals surface area contributed by atoms with Crippen LogP contribution in [0.25, 0.3) is 0 Å². The van der Waals surface area contributed by atoms with Crippen molar-refractivity contribution in [2.45, 2.75) is 39.7 Å². The van der Waals surface area contributed by atoms with Crippen LogP contribution in [0.2, 0.25) is 0 Å². The Morgan fingerprint density at radius 1 is 1.38 bits per heavy atom. The molecule has 0 saturated carbocycles. The molecule has 1 heterocycles. The molecule has 0 radical (unpaired) electrons. The Labute approximate surface area is 97.8 Å². The Bertz CT molecular complexity index is 333. The predicted octanol–water partition coefficient (Wildman–Crippen LogP) is 2.17. The van der Waals surface area contributed by atoms with Crippen molar-refractivity contribution < 1.29 is 4.74 Å². The molecule has 0 bridgehead atoms. The summed E-state index contributed by atoms with van der Waals surface area (Å²) in [5.41, 5.74) is 6.87. The summed E-state index contributed by atoms with van der Waals surface area (Å²) in [5.74, 6) is 1.63. The summed E-state index contributed by atoms with van der Waals surface area (Å²) in [6, 6.07) is 0.339. The van der Waals surface area contributed by atoms with E-state index in [-0.39, 0.29) is 0 Å². The van der Waals surface area contributed by atoms with Gasteiger partial charge in [-0.3, -0.25) is 4.68 Å². The molecule has 2 atom stereocenters. The summed E-state index contributed by atoms with van der Waals surface area (Å²) in [6.07, 6.45) is 1.79. The second-order valence-electron chi connectivity index (χ2n) is 4.64. The van der Waals surface area contributed by atoms with Crippen LogP contribution in [-0.2, 0) is 0 Å². The second-order valence-corrected chi connectivity index (χ2v) is 4.64. The van der Waals surface area contributed by atoms with Crippen LogP contribution in [0.4, 0.5) is 0 Å². The van der Waals surface area contributed by atoms with E-state index in [1.165, 1.54) is 0 Å². The van der Waals surface area contributed by atoms with E-state index in [0.717, 1.165) is 11.4 Å². The van der Waals surface area contributed by atoms with Gasteiger partial charge >= 0.3 is 0 Å². The van der Waals surface area contributed by atoms with Crippen LogP contribution < -0.4 is 10.5 Å². The molecule has 4 nitrogen and oxygen atoms in total. The van der Waals surface area contributed by atoms with Crippen molar-refractivity contribution in [1.29, 1.82) is 0 Å². The van der Waals surface area contributed by atoms with E-state index in [2.05, 4.69) is 32.8 Å². The molecule has 16 heavy (non-hydrogen) atoms. The number of nitrogens with two attached hydrogens (primary N) is 1. The SMILES string of the molecule is COc1cnn(C(C)C)c1C(C)C(C)CN. The molecule has 4 heteroatoms. The number of rotatable bonds is 5. The van der Waals surface area contributed by atoms with Gasteiger partial charge in [0.2, 0.25) is 0 Å². The van der Waals surface area contributed by atoms with Gasteiger partial charge in [-0.05, 0) is 26.3 Å². The fourth-order valence-corrected chi connectivity index (χ4v) is 1.83. The van der Waals surface area contributed by atoms with Crippen molar-refractivity contribution >= 4 is 0 Å². The number of hydrogen-bond donors (Lipinski definition) is 1. The van der Waals surface area contributed by atoms with Gasteiger partial charge in [-0.25, -0.2) is 0 Å². The molecule has 0 aliphatic heterocycles. The van der Waals surface area contributed by atoms with Crippen molar-refractivity contribution in [1.82, 2.24) is 9.78 Å². The van der Waals surface area contributed by atoms with Crippen molar-refractivity contribution in [3.63, 3.8) is 0 Å². The minimum atomic E-state index is 0.339. The lowest BCUT2D eigenvalue weighted by molar-refractivity contribution is 0.379. The zero-order valence-corrected chi connectivity index (χ0v) is 10.9. The first-order valence-corrected chi connectivity index (χ1v) is 5.84. The molecule has 1 rings (SSSR count). The molecule has 0 aliphatic rings. The maximum atomic E-state index is 5.73. The first-order valence-electron chi connectivity index (χ1n) is 5.84. The Kier molecular flexibility index (Phi) is 4.35. The largest absolute Gasteiger partial charge is 0.493 e. The number of ether oxygens (including phenoxy) is 1. The molecule has 0 aromatic carbocycles. The van der Waals surface area contributed by atoms with Gasteiger partial charge in [0.1, 0.15) is 0 Å². The Morgan fingerprint density at radius 2 is 2.00 bits per heavy atom. The number of hydrogen-bond acceptors (Lipinski definition) is 3. The van der Waals surface area contributed by atoms with Crippen molar-refractivity contribution in [2.24, 2.45) is 11.7 Å². The maximum absolute atomic E-state index is 5.73. The minimum absolute atomic E-state index is 0.339. The molecule has 92 valence electrons. The van der Waals surface area contributed by atoms with Gasteiger partial charge in [0, 0.05) is 12.0 Å². The standard InChI is InChI=1S/C12H23N3O/c1-8(2)15-12(10(4)9(3)6-13)11(16-5)7-14-15/h7-10H,6,13H2,1-5H3. The molecule has 1 aromatic rings. The second kappa shape index (κ2) is 5.34. The lowest BCUT2D eigenvalue weighted by Crippen LogP contribution is -2.21. The highest BCUT2D eigenvalue weighted by molar-refractivity contribution is 5.29. The molecule has 0 aliphatic carbocycles. The van der Waals surface area contributed by atoms with Crippen LogP contribution in [0.3, 0.4) is 0 Å². The van der Waals surface area contributed by atoms with Gasteiger partial charge in [0.05, 0.1) is 19.0 Å². The Hall–Kier alpha value is -1.03. The van der Waals surface area contributed by atoms with Crippen molar-refractivity contribution in [3.8, 4) is 5.75 Å². The molecule has 0 saturated heterocycles. The molecular formula is C12H23N3O. The minimum Gasteiger partial charge on any atom is -0.493 e. The van der Waals surface area contributed by atoms with Gasteiger partial charge < -0.3 is 10.5 Å². The summed E-state index contributed by atoms with van der Waals surface area (Å²) in [4.78, 5) is 0. The fourth-order valence-electron chi connectivity index (χ4n) is 1.83. The van der Waals surface area contributed by atoms with Crippen molar-refractivity contribution in [2.75, 3.05) is 13.7 Å². The summed E-state index contributed by atoms with van der Waals surface area (Å²) in [5, 5.41) is 4.38. The first-order chi connectivity index (χ1) is 7.52. The molecule has 0 fully saturated rings.